The SMILES string of the molecule is CC1C2C(n3c4cc(-c5ccccc5)ccc4c4c5ccccc5ccc43)=NC(c3ccccc3)=NC12c1cccc2c1sc1ccccc12. The van der Waals surface area contributed by atoms with Gasteiger partial charge in [-0.1, -0.05) is 146 Å². The molecule has 0 bridgehead atoms. The van der Waals surface area contributed by atoms with Gasteiger partial charge in [-0.05, 0) is 51.6 Å². The van der Waals surface area contributed by atoms with Gasteiger partial charge in [-0.25, -0.2) is 4.99 Å². The Morgan fingerprint density at radius 3 is 2.14 bits per heavy atom. The highest BCUT2D eigenvalue weighted by Crippen LogP contribution is 2.65. The molecule has 7 aromatic carbocycles. The van der Waals surface area contributed by atoms with Gasteiger partial charge >= 0.3 is 0 Å². The summed E-state index contributed by atoms with van der Waals surface area (Å²) in [5, 5.41) is 7.65. The molecule has 2 aromatic heterocycles. The highest BCUT2D eigenvalue weighted by molar-refractivity contribution is 7.26. The van der Waals surface area contributed by atoms with Crippen molar-refractivity contribution < 1.29 is 0 Å². The lowest BCUT2D eigenvalue weighted by atomic mass is 9.97. The van der Waals surface area contributed by atoms with E-state index >= 15 is 0 Å². The second-order valence-electron chi connectivity index (χ2n) is 13.8. The topological polar surface area (TPSA) is 29.6 Å². The molecule has 0 radical (unpaired) electrons. The zero-order valence-electron chi connectivity index (χ0n) is 27.4. The fourth-order valence-electron chi connectivity index (χ4n) is 8.80. The Bertz CT molecular complexity index is 2900. The molecule has 0 spiro atoms. The molecule has 1 saturated carbocycles. The molecule has 3 nitrogen and oxygen atoms in total. The van der Waals surface area contributed by atoms with E-state index in [0.717, 1.165) is 17.2 Å². The predicted octanol–water partition coefficient (Wildman–Crippen LogP) is 11.9. The number of fused-ring (bicyclic) bond motifs is 9. The van der Waals surface area contributed by atoms with Crippen LogP contribution in [0.15, 0.2) is 168 Å². The Balaban J connectivity index is 1.23. The average Bonchev–Trinajstić information content (AvgIpc) is 3.44. The highest BCUT2D eigenvalue weighted by Gasteiger charge is 2.68. The van der Waals surface area contributed by atoms with Crippen LogP contribution in [0.4, 0.5) is 0 Å². The number of thiophene rings is 1. The van der Waals surface area contributed by atoms with Gasteiger partial charge in [-0.15, -0.1) is 11.3 Å². The fraction of sp³-hybridized carbons (Fsp3) is 0.0870. The Morgan fingerprint density at radius 2 is 1.30 bits per heavy atom. The van der Waals surface area contributed by atoms with E-state index in [9.17, 15) is 0 Å². The van der Waals surface area contributed by atoms with Crippen LogP contribution in [0.1, 0.15) is 18.1 Å². The minimum absolute atomic E-state index is 0.108. The maximum Gasteiger partial charge on any atom is 0.157 e. The molecule has 1 aliphatic heterocycles. The van der Waals surface area contributed by atoms with E-state index in [-0.39, 0.29) is 11.8 Å². The lowest BCUT2D eigenvalue weighted by molar-refractivity contribution is 0.660. The second-order valence-corrected chi connectivity index (χ2v) is 14.8. The highest BCUT2D eigenvalue weighted by atomic mass is 32.1. The van der Waals surface area contributed by atoms with Crippen LogP contribution in [0.25, 0.3) is 63.9 Å². The number of benzene rings is 7. The summed E-state index contributed by atoms with van der Waals surface area (Å²) in [6.45, 7) is 2.38. The number of hydrogen-bond donors (Lipinski definition) is 0. The molecular formula is C46H31N3S. The van der Waals surface area contributed by atoms with Crippen LogP contribution in [0.3, 0.4) is 0 Å². The number of amidine groups is 1. The van der Waals surface area contributed by atoms with Gasteiger partial charge in [0.25, 0.3) is 0 Å². The Morgan fingerprint density at radius 1 is 0.580 bits per heavy atom. The third kappa shape index (κ3) is 3.80. The summed E-state index contributed by atoms with van der Waals surface area (Å²) in [7, 11) is 0. The first-order valence-electron chi connectivity index (χ1n) is 17.4. The maximum atomic E-state index is 5.69. The number of nitrogens with zero attached hydrogens (tertiary/aromatic N) is 3. The fourth-order valence-corrected chi connectivity index (χ4v) is 10.1. The van der Waals surface area contributed by atoms with Crippen molar-refractivity contribution in [2.45, 2.75) is 12.5 Å². The van der Waals surface area contributed by atoms with Crippen LogP contribution in [0.2, 0.25) is 0 Å². The van der Waals surface area contributed by atoms with Crippen molar-refractivity contribution in [3.8, 4) is 11.1 Å². The second kappa shape index (κ2) is 10.3. The van der Waals surface area contributed by atoms with E-state index in [0.29, 0.717) is 0 Å². The first kappa shape index (κ1) is 28.0. The molecule has 0 saturated heterocycles. The van der Waals surface area contributed by atoms with Crippen molar-refractivity contribution in [3.05, 3.63) is 169 Å². The van der Waals surface area contributed by atoms with E-state index in [2.05, 4.69) is 169 Å². The minimum Gasteiger partial charge on any atom is -0.297 e. The van der Waals surface area contributed by atoms with Crippen LogP contribution in [0, 0.1) is 11.8 Å². The van der Waals surface area contributed by atoms with Gasteiger partial charge in [0.15, 0.2) is 5.84 Å². The standard InChI is InChI=1S/C46H31N3S/c1-28-42-45(49-38-26-24-30-15-8-9-18-33(30)41(38)36-25-23-32(27-39(36)49)29-13-4-2-5-14-29)47-44(31-16-6-3-7-17-31)48-46(28,42)37-21-12-20-35-34-19-10-11-22-40(34)50-43(35)37/h2-28,42H,1H3. The van der Waals surface area contributed by atoms with Crippen molar-refractivity contribution in [1.29, 1.82) is 0 Å². The largest absolute Gasteiger partial charge is 0.297 e. The molecule has 3 atom stereocenters. The number of aromatic nitrogens is 1. The molecule has 50 heavy (non-hydrogen) atoms. The van der Waals surface area contributed by atoms with Gasteiger partial charge in [0.2, 0.25) is 0 Å². The lowest BCUT2D eigenvalue weighted by Gasteiger charge is -2.23. The average molecular weight is 658 g/mol. The van der Waals surface area contributed by atoms with Crippen molar-refractivity contribution in [3.63, 3.8) is 0 Å². The van der Waals surface area contributed by atoms with Crippen molar-refractivity contribution >= 4 is 75.8 Å². The molecule has 9 aromatic rings. The zero-order chi connectivity index (χ0) is 33.0. The Kier molecular flexibility index (Phi) is 5.80. The first-order chi connectivity index (χ1) is 24.7. The molecule has 1 fully saturated rings. The normalized spacial score (nSPS) is 20.0. The summed E-state index contributed by atoms with van der Waals surface area (Å²) >= 11 is 1.90. The van der Waals surface area contributed by atoms with E-state index in [4.69, 9.17) is 9.98 Å². The molecule has 0 amide bonds. The molecule has 2 aliphatic rings. The minimum atomic E-state index is -0.431. The van der Waals surface area contributed by atoms with Gasteiger partial charge in [-0.3, -0.25) is 9.56 Å². The zero-order valence-corrected chi connectivity index (χ0v) is 28.2. The van der Waals surface area contributed by atoms with E-state index in [1.165, 1.54) is 69.4 Å². The van der Waals surface area contributed by atoms with Gasteiger partial charge in [0, 0.05) is 36.5 Å². The van der Waals surface area contributed by atoms with Gasteiger partial charge in [-0.2, -0.15) is 0 Å². The quantitative estimate of drug-likeness (QED) is 0.181. The number of rotatable bonds is 3. The van der Waals surface area contributed by atoms with Crippen LogP contribution in [-0.2, 0) is 5.54 Å². The smallest absolute Gasteiger partial charge is 0.157 e. The third-order valence-corrected chi connectivity index (χ3v) is 12.4. The lowest BCUT2D eigenvalue weighted by Crippen LogP contribution is -2.27. The summed E-state index contributed by atoms with van der Waals surface area (Å²) in [4.78, 5) is 11.3. The van der Waals surface area contributed by atoms with Crippen LogP contribution >= 0.6 is 11.3 Å². The van der Waals surface area contributed by atoms with Crippen LogP contribution in [-0.4, -0.2) is 16.2 Å². The van der Waals surface area contributed by atoms with Crippen LogP contribution < -0.4 is 0 Å². The molecule has 1 aliphatic carbocycles. The number of hydrogen-bond acceptors (Lipinski definition) is 3. The van der Waals surface area contributed by atoms with E-state index in [1.54, 1.807) is 0 Å². The van der Waals surface area contributed by atoms with Gasteiger partial charge in [0.1, 0.15) is 11.4 Å². The van der Waals surface area contributed by atoms with E-state index < -0.39 is 5.54 Å². The molecule has 4 heteroatoms. The monoisotopic (exact) mass is 657 g/mol. The summed E-state index contributed by atoms with van der Waals surface area (Å²) in [5.41, 5.74) is 6.69. The van der Waals surface area contributed by atoms with Crippen LogP contribution in [0.5, 0.6) is 0 Å². The summed E-state index contributed by atoms with van der Waals surface area (Å²) in [5.74, 6) is 2.24. The molecule has 3 heterocycles. The van der Waals surface area contributed by atoms with Gasteiger partial charge in [0.05, 0.1) is 17.0 Å². The summed E-state index contributed by atoms with van der Waals surface area (Å²) < 4.78 is 5.13. The maximum absolute atomic E-state index is 5.69. The first-order valence-corrected chi connectivity index (χ1v) is 18.2. The van der Waals surface area contributed by atoms with Gasteiger partial charge < -0.3 is 0 Å². The molecule has 0 N–H and O–H groups in total. The Labute approximate surface area is 293 Å². The molecule has 11 rings (SSSR count). The molecular weight excluding hydrogens is 627 g/mol. The van der Waals surface area contributed by atoms with Crippen molar-refractivity contribution in [2.24, 2.45) is 21.8 Å². The van der Waals surface area contributed by atoms with Crippen molar-refractivity contribution in [1.82, 2.24) is 4.57 Å². The third-order valence-electron chi connectivity index (χ3n) is 11.2. The summed E-state index contributed by atoms with van der Waals surface area (Å²) in [6, 6.07) is 57.2. The molecule has 236 valence electrons. The number of aliphatic imine (C=N–C) groups is 2. The predicted molar refractivity (Wildman–Crippen MR) is 212 cm³/mol. The Hall–Kier alpha value is -5.84. The molecule has 3 unspecified atom stereocenters. The van der Waals surface area contributed by atoms with E-state index in [1.807, 2.05) is 11.3 Å². The summed E-state index contributed by atoms with van der Waals surface area (Å²) in [6.07, 6.45) is 0. The van der Waals surface area contributed by atoms with Crippen molar-refractivity contribution in [2.75, 3.05) is 0 Å².